The Hall–Kier alpha value is -6.38. The highest BCUT2D eigenvalue weighted by Crippen LogP contribution is 2.38. The summed E-state index contributed by atoms with van der Waals surface area (Å²) in [4.78, 5) is 0. The fourth-order valence-corrected chi connectivity index (χ4v) is 7.96. The van der Waals surface area contributed by atoms with Gasteiger partial charge in [0.15, 0.2) is 0 Å². The van der Waals surface area contributed by atoms with Crippen LogP contribution in [0.3, 0.4) is 0 Å². The second-order valence-corrected chi connectivity index (χ2v) is 13.2. The molecule has 0 fully saturated rings. The van der Waals surface area contributed by atoms with Gasteiger partial charge in [-0.2, -0.15) is 0 Å². The molecule has 0 saturated heterocycles. The minimum Gasteiger partial charge on any atom is -0.458 e. The van der Waals surface area contributed by atoms with Crippen LogP contribution >= 0.6 is 0 Å². The molecular weight excluding hydrogens is 603 g/mol. The molecule has 2 heteroatoms. The van der Waals surface area contributed by atoms with E-state index in [1.165, 1.54) is 76.5 Å². The summed E-state index contributed by atoms with van der Waals surface area (Å²) in [6.45, 7) is 0.135. The minimum atomic E-state index is 0.135. The van der Waals surface area contributed by atoms with E-state index in [4.69, 9.17) is 4.74 Å². The molecule has 0 unspecified atom stereocenters. The molecule has 1 aliphatic heterocycles. The van der Waals surface area contributed by atoms with E-state index in [0.29, 0.717) is 0 Å². The van der Waals surface area contributed by atoms with Crippen LogP contribution in [0.2, 0.25) is 0 Å². The van der Waals surface area contributed by atoms with Crippen molar-refractivity contribution in [3.8, 4) is 44.9 Å². The lowest BCUT2D eigenvalue weighted by molar-refractivity contribution is 0.487. The molecule has 10 rings (SSSR count). The molecule has 0 aromatic heterocycles. The van der Waals surface area contributed by atoms with Gasteiger partial charge < -0.3 is 4.74 Å². The molecule has 1 aliphatic rings. The zero-order chi connectivity index (χ0) is 33.0. The molecule has 0 saturated carbocycles. The van der Waals surface area contributed by atoms with Gasteiger partial charge in [-0.05, 0) is 101 Å². The van der Waals surface area contributed by atoms with Gasteiger partial charge in [-0.15, -0.1) is 0 Å². The largest absolute Gasteiger partial charge is 0.458 e. The van der Waals surface area contributed by atoms with E-state index >= 15 is 0 Å². The molecule has 1 nitrogen and oxygen atoms in total. The maximum absolute atomic E-state index is 6.53. The van der Waals surface area contributed by atoms with Gasteiger partial charge in [-0.25, -0.2) is 0 Å². The van der Waals surface area contributed by atoms with Crippen LogP contribution in [0.25, 0.3) is 65.7 Å². The van der Waals surface area contributed by atoms with Gasteiger partial charge in [0.2, 0.25) is 0 Å². The molecule has 0 atom stereocenters. The zero-order valence-corrected chi connectivity index (χ0v) is 27.4. The maximum Gasteiger partial charge on any atom is 0.250 e. The average Bonchev–Trinajstić information content (AvgIpc) is 3.20. The van der Waals surface area contributed by atoms with Crippen molar-refractivity contribution in [3.05, 3.63) is 188 Å². The van der Waals surface area contributed by atoms with Crippen LogP contribution < -0.4 is 21.1 Å². The summed E-state index contributed by atoms with van der Waals surface area (Å²) < 4.78 is 6.53. The Morgan fingerprint density at radius 3 is 1.46 bits per heavy atom. The highest BCUT2D eigenvalue weighted by atomic mass is 16.5. The standard InChI is InChI=1S/C48H31BO/c1-2-13-38(14-3-1)49-45-19-8-9-20-47(45)50-48-31-37(26-28-46(48)49)35-12-10-11-34(29-35)32-21-23-33(24-22-32)36-25-27-43-41-17-5-4-15-39(41)40-16-6-7-18-42(40)44(43)30-36/h1-31H. The molecule has 9 aromatic rings. The lowest BCUT2D eigenvalue weighted by Crippen LogP contribution is -2.54. The molecule has 0 bridgehead atoms. The molecule has 0 spiro atoms. The van der Waals surface area contributed by atoms with Crippen molar-refractivity contribution in [2.24, 2.45) is 0 Å². The van der Waals surface area contributed by atoms with Crippen molar-refractivity contribution in [3.63, 3.8) is 0 Å². The Labute approximate surface area is 292 Å². The van der Waals surface area contributed by atoms with Crippen LogP contribution in [0.15, 0.2) is 188 Å². The zero-order valence-electron chi connectivity index (χ0n) is 27.4. The van der Waals surface area contributed by atoms with Crippen LogP contribution in [0, 0.1) is 0 Å². The van der Waals surface area contributed by atoms with Crippen LogP contribution in [-0.4, -0.2) is 6.71 Å². The molecule has 1 heterocycles. The highest BCUT2D eigenvalue weighted by molar-refractivity contribution is 6.96. The highest BCUT2D eigenvalue weighted by Gasteiger charge is 2.32. The Morgan fingerprint density at radius 2 is 0.760 bits per heavy atom. The molecule has 9 aromatic carbocycles. The Bertz CT molecular complexity index is 2690. The fraction of sp³-hybridized carbons (Fsp3) is 0. The predicted molar refractivity (Wildman–Crippen MR) is 213 cm³/mol. The first-order valence-electron chi connectivity index (χ1n) is 17.3. The van der Waals surface area contributed by atoms with Gasteiger partial charge >= 0.3 is 0 Å². The Balaban J connectivity index is 0.987. The first-order valence-corrected chi connectivity index (χ1v) is 17.3. The third-order valence-corrected chi connectivity index (χ3v) is 10.4. The summed E-state index contributed by atoms with van der Waals surface area (Å²) in [7, 11) is 0. The first-order chi connectivity index (χ1) is 24.8. The number of ether oxygens (including phenoxy) is 1. The molecule has 0 radical (unpaired) electrons. The Morgan fingerprint density at radius 1 is 0.280 bits per heavy atom. The summed E-state index contributed by atoms with van der Waals surface area (Å²) >= 11 is 0. The quantitative estimate of drug-likeness (QED) is 0.138. The predicted octanol–water partition coefficient (Wildman–Crippen LogP) is 10.8. The third kappa shape index (κ3) is 4.72. The molecule has 0 N–H and O–H groups in total. The van der Waals surface area contributed by atoms with Gasteiger partial charge in [0.05, 0.1) is 0 Å². The number of benzene rings is 9. The first kappa shape index (κ1) is 28.6. The van der Waals surface area contributed by atoms with E-state index in [9.17, 15) is 0 Å². The van der Waals surface area contributed by atoms with Crippen LogP contribution in [0.4, 0.5) is 0 Å². The number of para-hydroxylation sites is 1. The molecular formula is C48H31BO. The minimum absolute atomic E-state index is 0.135. The molecule has 0 aliphatic carbocycles. The van der Waals surface area contributed by atoms with E-state index in [1.54, 1.807) is 0 Å². The average molecular weight is 635 g/mol. The molecule has 232 valence electrons. The van der Waals surface area contributed by atoms with Crippen molar-refractivity contribution < 1.29 is 4.74 Å². The lowest BCUT2D eigenvalue weighted by Gasteiger charge is -2.27. The van der Waals surface area contributed by atoms with Gasteiger partial charge in [0.1, 0.15) is 11.5 Å². The van der Waals surface area contributed by atoms with E-state index in [0.717, 1.165) is 17.1 Å². The van der Waals surface area contributed by atoms with Crippen molar-refractivity contribution in [1.82, 2.24) is 0 Å². The lowest BCUT2D eigenvalue weighted by atomic mass is 9.36. The van der Waals surface area contributed by atoms with Crippen molar-refractivity contribution >= 4 is 55.4 Å². The number of hydrogen-bond acceptors (Lipinski definition) is 1. The van der Waals surface area contributed by atoms with E-state index in [2.05, 4.69) is 182 Å². The summed E-state index contributed by atoms with van der Waals surface area (Å²) in [6.07, 6.45) is 0. The monoisotopic (exact) mass is 634 g/mol. The SMILES string of the molecule is c1ccc(B2c3ccccc3Oc3cc(-c4cccc(-c5ccc(-c6ccc7c8ccccc8c8ccccc8c7c6)cc5)c4)ccc32)cc1. The van der Waals surface area contributed by atoms with Gasteiger partial charge in [0, 0.05) is 0 Å². The van der Waals surface area contributed by atoms with E-state index < -0.39 is 0 Å². The fourth-order valence-electron chi connectivity index (χ4n) is 7.96. The summed E-state index contributed by atoms with van der Waals surface area (Å²) in [5.74, 6) is 1.84. The Kier molecular flexibility index (Phi) is 6.67. The maximum atomic E-state index is 6.53. The van der Waals surface area contributed by atoms with Crippen LogP contribution in [-0.2, 0) is 0 Å². The van der Waals surface area contributed by atoms with Crippen molar-refractivity contribution in [1.29, 1.82) is 0 Å². The summed E-state index contributed by atoms with van der Waals surface area (Å²) in [5, 5.41) is 7.79. The van der Waals surface area contributed by atoms with Gasteiger partial charge in [-0.1, -0.05) is 169 Å². The van der Waals surface area contributed by atoms with Crippen molar-refractivity contribution in [2.75, 3.05) is 0 Å². The number of rotatable bonds is 4. The van der Waals surface area contributed by atoms with Crippen molar-refractivity contribution in [2.45, 2.75) is 0 Å². The normalized spacial score (nSPS) is 12.1. The van der Waals surface area contributed by atoms with Gasteiger partial charge in [-0.3, -0.25) is 0 Å². The second kappa shape index (κ2) is 11.6. The summed E-state index contributed by atoms with van der Waals surface area (Å²) in [6, 6.07) is 68.1. The topological polar surface area (TPSA) is 9.23 Å². The number of fused-ring (bicyclic) bond motifs is 8. The smallest absolute Gasteiger partial charge is 0.250 e. The molecule has 50 heavy (non-hydrogen) atoms. The van der Waals surface area contributed by atoms with Gasteiger partial charge in [0.25, 0.3) is 6.71 Å². The van der Waals surface area contributed by atoms with E-state index in [-0.39, 0.29) is 6.71 Å². The summed E-state index contributed by atoms with van der Waals surface area (Å²) in [5.41, 5.74) is 10.8. The number of hydrogen-bond donors (Lipinski definition) is 0. The van der Waals surface area contributed by atoms with Crippen LogP contribution in [0.1, 0.15) is 0 Å². The third-order valence-electron chi connectivity index (χ3n) is 10.4. The van der Waals surface area contributed by atoms with E-state index in [1.807, 2.05) is 6.07 Å². The van der Waals surface area contributed by atoms with Crippen LogP contribution in [0.5, 0.6) is 11.5 Å². The molecule has 0 amide bonds. The second-order valence-electron chi connectivity index (χ2n) is 13.2.